The van der Waals surface area contributed by atoms with Crippen molar-refractivity contribution in [3.63, 3.8) is 0 Å². The van der Waals surface area contributed by atoms with E-state index in [0.29, 0.717) is 24.9 Å². The molecule has 1 N–H and O–H groups in total. The maximum Gasteiger partial charge on any atom is 0.573 e. The number of nitrogens with zero attached hydrogens (tertiary/aromatic N) is 1. The number of hydrogen-bond acceptors (Lipinski definition) is 3. The lowest BCUT2D eigenvalue weighted by Crippen LogP contribution is -2.28. The van der Waals surface area contributed by atoms with Crippen LogP contribution in [0.2, 0.25) is 0 Å². The predicted molar refractivity (Wildman–Crippen MR) is 97.1 cm³/mol. The third-order valence-corrected chi connectivity index (χ3v) is 4.48. The van der Waals surface area contributed by atoms with E-state index in [1.54, 1.807) is 36.1 Å². The van der Waals surface area contributed by atoms with Gasteiger partial charge in [0.15, 0.2) is 0 Å². The van der Waals surface area contributed by atoms with Crippen molar-refractivity contribution in [3.8, 4) is 5.75 Å². The lowest BCUT2D eigenvalue weighted by atomic mass is 10.1. The first kappa shape index (κ1) is 19.7. The van der Waals surface area contributed by atoms with Gasteiger partial charge in [0, 0.05) is 36.3 Å². The molecule has 148 valence electrons. The Bertz CT molecular complexity index is 897. The maximum absolute atomic E-state index is 12.5. The number of benzene rings is 2. The maximum atomic E-state index is 12.5. The number of ether oxygens (including phenoxy) is 1. The lowest BCUT2D eigenvalue weighted by molar-refractivity contribution is -0.274. The Morgan fingerprint density at radius 3 is 2.64 bits per heavy atom. The Hall–Kier alpha value is -3.03. The van der Waals surface area contributed by atoms with Crippen LogP contribution >= 0.6 is 0 Å². The van der Waals surface area contributed by atoms with E-state index >= 15 is 0 Å². The number of anilines is 1. The van der Waals surface area contributed by atoms with E-state index in [1.165, 1.54) is 18.2 Å². The van der Waals surface area contributed by atoms with Crippen molar-refractivity contribution < 1.29 is 27.5 Å². The van der Waals surface area contributed by atoms with Crippen LogP contribution < -0.4 is 15.0 Å². The van der Waals surface area contributed by atoms with Crippen LogP contribution in [-0.4, -0.2) is 24.7 Å². The summed E-state index contributed by atoms with van der Waals surface area (Å²) < 4.78 is 41.5. The van der Waals surface area contributed by atoms with Crippen LogP contribution in [0, 0.1) is 0 Å². The first-order valence-electron chi connectivity index (χ1n) is 8.83. The quantitative estimate of drug-likeness (QED) is 0.842. The van der Waals surface area contributed by atoms with Crippen LogP contribution in [0.4, 0.5) is 18.9 Å². The summed E-state index contributed by atoms with van der Waals surface area (Å²) in [4.78, 5) is 26.1. The molecule has 0 fully saturated rings. The highest BCUT2D eigenvalue weighted by Gasteiger charge is 2.32. The van der Waals surface area contributed by atoms with Crippen molar-refractivity contribution in [1.29, 1.82) is 0 Å². The molecule has 5 nitrogen and oxygen atoms in total. The number of carbonyl (C=O) groups is 2. The minimum atomic E-state index is -4.80. The molecule has 1 heterocycles. The molecule has 0 unspecified atom stereocenters. The topological polar surface area (TPSA) is 58.6 Å². The second-order valence-electron chi connectivity index (χ2n) is 6.33. The van der Waals surface area contributed by atoms with Gasteiger partial charge in [-0.2, -0.15) is 0 Å². The summed E-state index contributed by atoms with van der Waals surface area (Å²) in [6.07, 6.45) is -3.74. The van der Waals surface area contributed by atoms with E-state index in [2.05, 4.69) is 10.1 Å². The number of halogens is 3. The monoisotopic (exact) mass is 392 g/mol. The number of hydrogen-bond donors (Lipinski definition) is 1. The van der Waals surface area contributed by atoms with Gasteiger partial charge in [0.2, 0.25) is 5.91 Å². The molecule has 0 saturated heterocycles. The van der Waals surface area contributed by atoms with Gasteiger partial charge >= 0.3 is 6.36 Å². The average molecular weight is 392 g/mol. The molecule has 2 aromatic rings. The SMILES string of the molecule is CCC(=O)N1CCc2cc(C(=O)NCc3ccccc3OC(F)(F)F)ccc21. The first-order chi connectivity index (χ1) is 13.3. The average Bonchev–Trinajstić information content (AvgIpc) is 3.08. The van der Waals surface area contributed by atoms with Gasteiger partial charge in [0.25, 0.3) is 5.91 Å². The number of para-hydroxylation sites is 1. The molecule has 3 rings (SSSR count). The van der Waals surface area contributed by atoms with E-state index in [1.807, 2.05) is 0 Å². The normalized spacial score (nSPS) is 13.2. The van der Waals surface area contributed by atoms with Crippen LogP contribution in [0.1, 0.15) is 34.8 Å². The van der Waals surface area contributed by atoms with Crippen molar-refractivity contribution in [2.24, 2.45) is 0 Å². The van der Waals surface area contributed by atoms with E-state index in [0.717, 1.165) is 11.3 Å². The van der Waals surface area contributed by atoms with Gasteiger partial charge in [-0.15, -0.1) is 13.2 Å². The smallest absolute Gasteiger partial charge is 0.405 e. The molecule has 0 radical (unpaired) electrons. The molecule has 1 aliphatic rings. The summed E-state index contributed by atoms with van der Waals surface area (Å²) >= 11 is 0. The fourth-order valence-electron chi connectivity index (χ4n) is 3.14. The van der Waals surface area contributed by atoms with Gasteiger partial charge in [-0.1, -0.05) is 25.1 Å². The largest absolute Gasteiger partial charge is 0.573 e. The van der Waals surface area contributed by atoms with Crippen LogP contribution in [0.15, 0.2) is 42.5 Å². The van der Waals surface area contributed by atoms with E-state index in [-0.39, 0.29) is 23.8 Å². The predicted octanol–water partition coefficient (Wildman–Crippen LogP) is 3.81. The Morgan fingerprint density at radius 1 is 1.18 bits per heavy atom. The van der Waals surface area contributed by atoms with E-state index in [9.17, 15) is 22.8 Å². The molecule has 0 aliphatic carbocycles. The Kier molecular flexibility index (Phi) is 5.58. The third kappa shape index (κ3) is 4.44. The number of fused-ring (bicyclic) bond motifs is 1. The standard InChI is InChI=1S/C20H19F3N2O3/c1-2-18(26)25-10-9-13-11-14(7-8-16(13)25)19(27)24-12-15-5-3-4-6-17(15)28-20(21,22)23/h3-8,11H,2,9-10,12H2,1H3,(H,24,27). The molecule has 8 heteroatoms. The zero-order chi connectivity index (χ0) is 20.3. The van der Waals surface area contributed by atoms with E-state index < -0.39 is 12.3 Å². The van der Waals surface area contributed by atoms with Crippen molar-refractivity contribution >= 4 is 17.5 Å². The van der Waals surface area contributed by atoms with Crippen LogP contribution in [0.25, 0.3) is 0 Å². The molecule has 1 aliphatic heterocycles. The van der Waals surface area contributed by atoms with Gasteiger partial charge in [-0.05, 0) is 36.2 Å². The third-order valence-electron chi connectivity index (χ3n) is 4.48. The van der Waals surface area contributed by atoms with Crippen molar-refractivity contribution in [3.05, 3.63) is 59.2 Å². The summed E-state index contributed by atoms with van der Waals surface area (Å²) in [5.41, 5.74) is 2.30. The van der Waals surface area contributed by atoms with Gasteiger partial charge in [-0.3, -0.25) is 9.59 Å². The summed E-state index contributed by atoms with van der Waals surface area (Å²) in [5.74, 6) is -0.736. The molecule has 0 aromatic heterocycles. The summed E-state index contributed by atoms with van der Waals surface area (Å²) in [6.45, 7) is 2.26. The Morgan fingerprint density at radius 2 is 1.93 bits per heavy atom. The highest BCUT2D eigenvalue weighted by Crippen LogP contribution is 2.30. The van der Waals surface area contributed by atoms with Gasteiger partial charge in [0.1, 0.15) is 5.75 Å². The first-order valence-corrected chi connectivity index (χ1v) is 8.83. The Balaban J connectivity index is 1.69. The molecule has 2 aromatic carbocycles. The summed E-state index contributed by atoms with van der Waals surface area (Å²) in [7, 11) is 0. The number of rotatable bonds is 5. The fourth-order valence-corrected chi connectivity index (χ4v) is 3.14. The van der Waals surface area contributed by atoms with Crippen LogP contribution in [0.5, 0.6) is 5.75 Å². The molecule has 28 heavy (non-hydrogen) atoms. The Labute approximate surface area is 160 Å². The summed E-state index contributed by atoms with van der Waals surface area (Å²) in [5, 5.41) is 2.61. The molecule has 0 saturated carbocycles. The van der Waals surface area contributed by atoms with Crippen LogP contribution in [-0.2, 0) is 17.8 Å². The zero-order valence-electron chi connectivity index (χ0n) is 15.2. The number of nitrogens with one attached hydrogen (secondary N) is 1. The molecule has 0 atom stereocenters. The molecule has 0 bridgehead atoms. The van der Waals surface area contributed by atoms with Crippen LogP contribution in [0.3, 0.4) is 0 Å². The second-order valence-corrected chi connectivity index (χ2v) is 6.33. The minimum Gasteiger partial charge on any atom is -0.405 e. The fraction of sp³-hybridized carbons (Fsp3) is 0.300. The second kappa shape index (κ2) is 7.92. The van der Waals surface area contributed by atoms with Gasteiger partial charge in [-0.25, -0.2) is 0 Å². The van der Waals surface area contributed by atoms with Gasteiger partial charge < -0.3 is 15.0 Å². The highest BCUT2D eigenvalue weighted by atomic mass is 19.4. The highest BCUT2D eigenvalue weighted by molar-refractivity contribution is 5.98. The van der Waals surface area contributed by atoms with Crippen molar-refractivity contribution in [2.75, 3.05) is 11.4 Å². The van der Waals surface area contributed by atoms with E-state index in [4.69, 9.17) is 0 Å². The number of alkyl halides is 3. The van der Waals surface area contributed by atoms with Gasteiger partial charge in [0.05, 0.1) is 0 Å². The minimum absolute atomic E-state index is 0.0252. The number of amides is 2. The lowest BCUT2D eigenvalue weighted by Gasteiger charge is -2.16. The summed E-state index contributed by atoms with van der Waals surface area (Å²) in [6, 6.07) is 10.7. The van der Waals surface area contributed by atoms with Crippen molar-refractivity contribution in [2.45, 2.75) is 32.7 Å². The zero-order valence-corrected chi connectivity index (χ0v) is 15.2. The number of carbonyl (C=O) groups excluding carboxylic acids is 2. The molecular weight excluding hydrogens is 373 g/mol. The molecule has 0 spiro atoms. The molecule has 2 amide bonds. The molecular formula is C20H19F3N2O3. The van der Waals surface area contributed by atoms with Crippen molar-refractivity contribution in [1.82, 2.24) is 5.32 Å².